The predicted molar refractivity (Wildman–Crippen MR) is 79.5 cm³/mol. The molecule has 1 aromatic rings. The molecule has 0 aliphatic rings. The van der Waals surface area contributed by atoms with Crippen molar-refractivity contribution >= 4 is 15.9 Å². The first-order valence-corrected chi connectivity index (χ1v) is 7.25. The highest BCUT2D eigenvalue weighted by atomic mass is 79.9. The van der Waals surface area contributed by atoms with Crippen molar-refractivity contribution in [2.45, 2.75) is 25.3 Å². The Morgan fingerprint density at radius 1 is 1.22 bits per heavy atom. The standard InChI is InChI=1S/C14H23BrN2O/c1-17(9-3-2-4-10-18)14(11-16)12-5-7-13(15)8-6-12/h5-8,14,18H,2-4,9-11,16H2,1H3. The number of aliphatic hydroxyl groups excluding tert-OH is 1. The van der Waals surface area contributed by atoms with E-state index in [4.69, 9.17) is 10.8 Å². The molecule has 0 spiro atoms. The quantitative estimate of drug-likeness (QED) is 0.725. The van der Waals surface area contributed by atoms with Gasteiger partial charge in [0.05, 0.1) is 0 Å². The van der Waals surface area contributed by atoms with Gasteiger partial charge in [0.1, 0.15) is 0 Å². The summed E-state index contributed by atoms with van der Waals surface area (Å²) in [7, 11) is 2.11. The van der Waals surface area contributed by atoms with Crippen LogP contribution in [0.15, 0.2) is 28.7 Å². The second kappa shape index (κ2) is 8.64. The SMILES string of the molecule is CN(CCCCCO)C(CN)c1ccc(Br)cc1. The van der Waals surface area contributed by atoms with Crippen molar-refractivity contribution in [1.29, 1.82) is 0 Å². The van der Waals surface area contributed by atoms with E-state index in [1.54, 1.807) is 0 Å². The van der Waals surface area contributed by atoms with E-state index in [9.17, 15) is 0 Å². The monoisotopic (exact) mass is 314 g/mol. The van der Waals surface area contributed by atoms with Gasteiger partial charge >= 0.3 is 0 Å². The molecule has 1 rings (SSSR count). The summed E-state index contributed by atoms with van der Waals surface area (Å²) in [5, 5.41) is 8.75. The van der Waals surface area contributed by atoms with E-state index in [1.165, 1.54) is 5.56 Å². The first kappa shape index (κ1) is 15.6. The number of nitrogens with two attached hydrogens (primary N) is 1. The van der Waals surface area contributed by atoms with Crippen molar-refractivity contribution in [1.82, 2.24) is 4.90 Å². The van der Waals surface area contributed by atoms with Gasteiger partial charge in [0.25, 0.3) is 0 Å². The van der Waals surface area contributed by atoms with Gasteiger partial charge in [-0.1, -0.05) is 28.1 Å². The minimum Gasteiger partial charge on any atom is -0.396 e. The maximum atomic E-state index is 8.75. The molecule has 1 unspecified atom stereocenters. The lowest BCUT2D eigenvalue weighted by molar-refractivity contribution is 0.236. The van der Waals surface area contributed by atoms with Gasteiger partial charge in [-0.05, 0) is 50.6 Å². The number of aliphatic hydroxyl groups is 1. The lowest BCUT2D eigenvalue weighted by atomic mass is 10.1. The molecule has 102 valence electrons. The Balaban J connectivity index is 2.51. The molecule has 0 saturated heterocycles. The summed E-state index contributed by atoms with van der Waals surface area (Å²) in [5.41, 5.74) is 7.14. The predicted octanol–water partition coefficient (Wildman–Crippen LogP) is 2.54. The van der Waals surface area contributed by atoms with Crippen LogP contribution in [0.4, 0.5) is 0 Å². The Morgan fingerprint density at radius 3 is 2.44 bits per heavy atom. The average molecular weight is 315 g/mol. The van der Waals surface area contributed by atoms with E-state index in [-0.39, 0.29) is 12.6 Å². The van der Waals surface area contributed by atoms with Crippen LogP contribution in [0, 0.1) is 0 Å². The molecule has 0 radical (unpaired) electrons. The lowest BCUT2D eigenvalue weighted by Crippen LogP contribution is -2.31. The van der Waals surface area contributed by atoms with Crippen molar-refractivity contribution in [3.63, 3.8) is 0 Å². The summed E-state index contributed by atoms with van der Waals surface area (Å²) in [5.74, 6) is 0. The maximum Gasteiger partial charge on any atom is 0.0467 e. The fourth-order valence-corrected chi connectivity index (χ4v) is 2.33. The molecule has 0 heterocycles. The van der Waals surface area contributed by atoms with Crippen LogP contribution < -0.4 is 5.73 Å². The first-order chi connectivity index (χ1) is 8.69. The van der Waals surface area contributed by atoms with Crippen molar-refractivity contribution in [3.05, 3.63) is 34.3 Å². The largest absolute Gasteiger partial charge is 0.396 e. The van der Waals surface area contributed by atoms with Crippen LogP contribution in [-0.4, -0.2) is 36.8 Å². The van der Waals surface area contributed by atoms with Gasteiger partial charge in [-0.3, -0.25) is 4.90 Å². The molecular weight excluding hydrogens is 292 g/mol. The first-order valence-electron chi connectivity index (χ1n) is 6.45. The molecule has 0 bridgehead atoms. The lowest BCUT2D eigenvalue weighted by Gasteiger charge is -2.27. The molecule has 0 aromatic heterocycles. The molecule has 0 fully saturated rings. The van der Waals surface area contributed by atoms with E-state index < -0.39 is 0 Å². The topological polar surface area (TPSA) is 49.5 Å². The molecule has 1 atom stereocenters. The van der Waals surface area contributed by atoms with Crippen molar-refractivity contribution in [2.75, 3.05) is 26.7 Å². The number of nitrogens with zero attached hydrogens (tertiary/aromatic N) is 1. The molecule has 1 aromatic carbocycles. The van der Waals surface area contributed by atoms with E-state index in [2.05, 4.69) is 52.1 Å². The smallest absolute Gasteiger partial charge is 0.0467 e. The molecule has 0 amide bonds. The van der Waals surface area contributed by atoms with Crippen LogP contribution >= 0.6 is 15.9 Å². The highest BCUT2D eigenvalue weighted by Gasteiger charge is 2.14. The molecule has 3 N–H and O–H groups in total. The van der Waals surface area contributed by atoms with Crippen LogP contribution in [0.2, 0.25) is 0 Å². The molecule has 4 heteroatoms. The molecule has 0 aliphatic heterocycles. The number of hydrogen-bond donors (Lipinski definition) is 2. The third kappa shape index (κ3) is 5.06. The molecule has 3 nitrogen and oxygen atoms in total. The highest BCUT2D eigenvalue weighted by molar-refractivity contribution is 9.10. The fourth-order valence-electron chi connectivity index (χ4n) is 2.06. The Bertz CT molecular complexity index is 329. The van der Waals surface area contributed by atoms with Gasteiger partial charge in [-0.2, -0.15) is 0 Å². The Labute approximate surface area is 118 Å². The van der Waals surface area contributed by atoms with Crippen molar-refractivity contribution in [3.8, 4) is 0 Å². The van der Waals surface area contributed by atoms with Gasteiger partial charge in [-0.25, -0.2) is 0 Å². The van der Waals surface area contributed by atoms with Crippen LogP contribution in [0.1, 0.15) is 30.9 Å². The number of unbranched alkanes of at least 4 members (excludes halogenated alkanes) is 2. The number of likely N-dealkylation sites (N-methyl/N-ethyl adjacent to an activating group) is 1. The van der Waals surface area contributed by atoms with Gasteiger partial charge < -0.3 is 10.8 Å². The van der Waals surface area contributed by atoms with Gasteiger partial charge in [-0.15, -0.1) is 0 Å². The molecular formula is C14H23BrN2O. The summed E-state index contributed by atoms with van der Waals surface area (Å²) in [4.78, 5) is 2.29. The summed E-state index contributed by atoms with van der Waals surface area (Å²) in [6, 6.07) is 8.61. The summed E-state index contributed by atoms with van der Waals surface area (Å²) < 4.78 is 1.09. The zero-order valence-corrected chi connectivity index (χ0v) is 12.6. The van der Waals surface area contributed by atoms with Crippen LogP contribution in [0.3, 0.4) is 0 Å². The summed E-state index contributed by atoms with van der Waals surface area (Å²) in [6.45, 7) is 1.92. The Kier molecular flexibility index (Phi) is 7.51. The fraction of sp³-hybridized carbons (Fsp3) is 0.571. The Morgan fingerprint density at radius 2 is 1.89 bits per heavy atom. The zero-order chi connectivity index (χ0) is 13.4. The maximum absolute atomic E-state index is 8.75. The van der Waals surface area contributed by atoms with Gasteiger partial charge in [0.15, 0.2) is 0 Å². The zero-order valence-electron chi connectivity index (χ0n) is 11.0. The third-order valence-electron chi connectivity index (χ3n) is 3.18. The second-order valence-electron chi connectivity index (χ2n) is 4.57. The second-order valence-corrected chi connectivity index (χ2v) is 5.48. The minimum atomic E-state index is 0.271. The van der Waals surface area contributed by atoms with E-state index in [0.717, 1.165) is 30.3 Å². The minimum absolute atomic E-state index is 0.271. The number of benzene rings is 1. The summed E-state index contributed by atoms with van der Waals surface area (Å²) >= 11 is 3.44. The molecule has 18 heavy (non-hydrogen) atoms. The van der Waals surface area contributed by atoms with E-state index >= 15 is 0 Å². The summed E-state index contributed by atoms with van der Waals surface area (Å²) in [6.07, 6.45) is 3.06. The average Bonchev–Trinajstić information content (AvgIpc) is 2.38. The van der Waals surface area contributed by atoms with Crippen LogP contribution in [-0.2, 0) is 0 Å². The van der Waals surface area contributed by atoms with Gasteiger partial charge in [0.2, 0.25) is 0 Å². The van der Waals surface area contributed by atoms with Crippen molar-refractivity contribution in [2.24, 2.45) is 5.73 Å². The third-order valence-corrected chi connectivity index (χ3v) is 3.71. The highest BCUT2D eigenvalue weighted by Crippen LogP contribution is 2.21. The number of halogens is 1. The van der Waals surface area contributed by atoms with Gasteiger partial charge in [0, 0.05) is 23.7 Å². The van der Waals surface area contributed by atoms with E-state index in [1.807, 2.05) is 0 Å². The normalized spacial score (nSPS) is 12.9. The molecule has 0 aliphatic carbocycles. The van der Waals surface area contributed by atoms with Crippen molar-refractivity contribution < 1.29 is 5.11 Å². The Hall–Kier alpha value is -0.420. The number of hydrogen-bond acceptors (Lipinski definition) is 3. The van der Waals surface area contributed by atoms with Crippen LogP contribution in [0.25, 0.3) is 0 Å². The molecule has 0 saturated carbocycles. The number of rotatable bonds is 8. The van der Waals surface area contributed by atoms with E-state index in [0.29, 0.717) is 6.54 Å². The van der Waals surface area contributed by atoms with Crippen LogP contribution in [0.5, 0.6) is 0 Å².